The highest BCUT2D eigenvalue weighted by atomic mass is 79.9. The first-order valence-electron chi connectivity index (χ1n) is 4.75. The predicted octanol–water partition coefficient (Wildman–Crippen LogP) is 2.35. The van der Waals surface area contributed by atoms with Crippen LogP contribution in [-0.2, 0) is 0 Å². The number of rotatable bonds is 0. The van der Waals surface area contributed by atoms with Crippen molar-refractivity contribution < 1.29 is 9.53 Å². The van der Waals surface area contributed by atoms with Gasteiger partial charge in [-0.25, -0.2) is 4.98 Å². The largest absolute Gasteiger partial charge is 0.483 e. The normalized spacial score (nSPS) is 13.7. The Balaban J connectivity index is 2.30. The van der Waals surface area contributed by atoms with Crippen LogP contribution in [0.3, 0.4) is 0 Å². The van der Waals surface area contributed by atoms with E-state index in [1.165, 1.54) is 4.57 Å². The Morgan fingerprint density at radius 3 is 3.19 bits per heavy atom. The summed E-state index contributed by atoms with van der Waals surface area (Å²) in [5.41, 5.74) is 0.824. The maximum absolute atomic E-state index is 11.7. The molecule has 3 rings (SSSR count). The number of hydrogen-bond acceptors (Lipinski definition) is 3. The van der Waals surface area contributed by atoms with Crippen LogP contribution in [0.4, 0.5) is 0 Å². The summed E-state index contributed by atoms with van der Waals surface area (Å²) in [4.78, 5) is 15.9. The second-order valence-electron chi connectivity index (χ2n) is 3.44. The Kier molecular flexibility index (Phi) is 2.07. The molecule has 0 radical (unpaired) electrons. The Bertz CT molecular complexity index is 577. The molecule has 0 unspecified atom stereocenters. The van der Waals surface area contributed by atoms with Crippen molar-refractivity contribution in [3.05, 3.63) is 35.1 Å². The Morgan fingerprint density at radius 2 is 2.31 bits per heavy atom. The topological polar surface area (TPSA) is 44.1 Å². The van der Waals surface area contributed by atoms with Gasteiger partial charge in [-0.2, -0.15) is 0 Å². The molecule has 5 heteroatoms. The highest BCUT2D eigenvalue weighted by Crippen LogP contribution is 2.33. The number of aromatic nitrogens is 2. The molecule has 1 aromatic heterocycles. The number of fused-ring (bicyclic) bond motifs is 3. The first kappa shape index (κ1) is 9.59. The minimum atomic E-state index is -0.111. The van der Waals surface area contributed by atoms with E-state index in [0.717, 1.165) is 10.0 Å². The molecule has 0 spiro atoms. The summed E-state index contributed by atoms with van der Waals surface area (Å²) in [7, 11) is 0. The molecule has 2 aromatic rings. The highest BCUT2D eigenvalue weighted by molar-refractivity contribution is 9.10. The minimum Gasteiger partial charge on any atom is -0.483 e. The van der Waals surface area contributed by atoms with Crippen LogP contribution in [0.2, 0.25) is 0 Å². The van der Waals surface area contributed by atoms with E-state index < -0.39 is 0 Å². The number of benzene rings is 1. The van der Waals surface area contributed by atoms with E-state index in [-0.39, 0.29) is 12.5 Å². The first-order valence-corrected chi connectivity index (χ1v) is 5.54. The van der Waals surface area contributed by atoms with Gasteiger partial charge >= 0.3 is 0 Å². The van der Waals surface area contributed by atoms with Gasteiger partial charge in [-0.05, 0) is 18.2 Å². The summed E-state index contributed by atoms with van der Waals surface area (Å²) in [6, 6.07) is 5.60. The number of halogens is 1. The summed E-state index contributed by atoms with van der Waals surface area (Å²) in [5, 5.41) is 0. The predicted molar refractivity (Wildman–Crippen MR) is 61.5 cm³/mol. The third-order valence-corrected chi connectivity index (χ3v) is 2.94. The average Bonchev–Trinajstić information content (AvgIpc) is 2.71. The van der Waals surface area contributed by atoms with E-state index in [1.807, 2.05) is 18.2 Å². The second-order valence-corrected chi connectivity index (χ2v) is 4.36. The van der Waals surface area contributed by atoms with Crippen molar-refractivity contribution in [2.45, 2.75) is 0 Å². The molecule has 0 fully saturated rings. The van der Waals surface area contributed by atoms with Crippen molar-refractivity contribution in [1.82, 2.24) is 9.55 Å². The van der Waals surface area contributed by atoms with Crippen LogP contribution >= 0.6 is 15.9 Å². The monoisotopic (exact) mass is 278 g/mol. The quantitative estimate of drug-likeness (QED) is 0.743. The highest BCUT2D eigenvalue weighted by Gasteiger charge is 2.21. The SMILES string of the molecule is O=C1COc2ccc(Br)cc2-c2nccn21. The van der Waals surface area contributed by atoms with Crippen LogP contribution in [0.1, 0.15) is 4.79 Å². The number of nitrogens with zero attached hydrogens (tertiary/aromatic N) is 2. The van der Waals surface area contributed by atoms with Crippen LogP contribution in [0.5, 0.6) is 5.75 Å². The number of hydrogen-bond donors (Lipinski definition) is 0. The fourth-order valence-electron chi connectivity index (χ4n) is 1.72. The van der Waals surface area contributed by atoms with Gasteiger partial charge in [-0.3, -0.25) is 9.36 Å². The van der Waals surface area contributed by atoms with Gasteiger partial charge in [0, 0.05) is 16.9 Å². The summed E-state index contributed by atoms with van der Waals surface area (Å²) in [6.45, 7) is 0.0397. The van der Waals surface area contributed by atoms with E-state index in [4.69, 9.17) is 4.74 Å². The van der Waals surface area contributed by atoms with E-state index in [1.54, 1.807) is 12.4 Å². The van der Waals surface area contributed by atoms with Gasteiger partial charge in [0.15, 0.2) is 12.4 Å². The summed E-state index contributed by atoms with van der Waals surface area (Å²) >= 11 is 3.39. The Labute approximate surface area is 100.0 Å². The Hall–Kier alpha value is -1.62. The van der Waals surface area contributed by atoms with Gasteiger partial charge < -0.3 is 4.74 Å². The van der Waals surface area contributed by atoms with Gasteiger partial charge in [0.1, 0.15) is 5.75 Å². The van der Waals surface area contributed by atoms with Gasteiger partial charge in [0.05, 0.1) is 5.56 Å². The van der Waals surface area contributed by atoms with Crippen molar-refractivity contribution in [2.75, 3.05) is 6.61 Å². The van der Waals surface area contributed by atoms with Crippen molar-refractivity contribution in [3.8, 4) is 17.1 Å². The molecule has 1 aliphatic heterocycles. The molecule has 0 aliphatic carbocycles. The van der Waals surface area contributed by atoms with Gasteiger partial charge in [-0.1, -0.05) is 15.9 Å². The number of imidazole rings is 1. The maximum atomic E-state index is 11.7. The van der Waals surface area contributed by atoms with Crippen LogP contribution in [0.25, 0.3) is 11.4 Å². The Morgan fingerprint density at radius 1 is 1.44 bits per heavy atom. The molecule has 2 heterocycles. The molecule has 80 valence electrons. The number of ether oxygens (including phenoxy) is 1. The summed E-state index contributed by atoms with van der Waals surface area (Å²) in [5.74, 6) is 1.19. The first-order chi connectivity index (χ1) is 7.75. The lowest BCUT2D eigenvalue weighted by molar-refractivity contribution is 0.0846. The molecular weight excluding hydrogens is 272 g/mol. The zero-order chi connectivity index (χ0) is 11.1. The lowest BCUT2D eigenvalue weighted by atomic mass is 10.2. The molecule has 4 nitrogen and oxygen atoms in total. The minimum absolute atomic E-state index is 0.0397. The molecule has 0 atom stereocenters. The van der Waals surface area contributed by atoms with Gasteiger partial charge in [0.2, 0.25) is 0 Å². The number of carbonyl (C=O) groups is 1. The van der Waals surface area contributed by atoms with Crippen molar-refractivity contribution in [3.63, 3.8) is 0 Å². The van der Waals surface area contributed by atoms with Gasteiger partial charge in [0.25, 0.3) is 5.91 Å². The smallest absolute Gasteiger partial charge is 0.270 e. The molecular formula is C11H7BrN2O2. The zero-order valence-electron chi connectivity index (χ0n) is 8.18. The van der Waals surface area contributed by atoms with E-state index >= 15 is 0 Å². The van der Waals surface area contributed by atoms with Crippen LogP contribution < -0.4 is 4.74 Å². The van der Waals surface area contributed by atoms with E-state index in [0.29, 0.717) is 11.6 Å². The van der Waals surface area contributed by atoms with Crippen molar-refractivity contribution >= 4 is 21.8 Å². The lowest BCUT2D eigenvalue weighted by Crippen LogP contribution is -2.16. The van der Waals surface area contributed by atoms with Gasteiger partial charge in [-0.15, -0.1) is 0 Å². The summed E-state index contributed by atoms with van der Waals surface area (Å²) < 4.78 is 7.87. The lowest BCUT2D eigenvalue weighted by Gasteiger charge is -2.05. The molecule has 0 N–H and O–H groups in total. The van der Waals surface area contributed by atoms with Crippen LogP contribution in [0, 0.1) is 0 Å². The molecule has 0 saturated heterocycles. The third-order valence-electron chi connectivity index (χ3n) is 2.44. The zero-order valence-corrected chi connectivity index (χ0v) is 9.77. The molecule has 1 aromatic carbocycles. The third kappa shape index (κ3) is 1.36. The maximum Gasteiger partial charge on any atom is 0.270 e. The fraction of sp³-hybridized carbons (Fsp3) is 0.0909. The van der Waals surface area contributed by atoms with Crippen LogP contribution in [0.15, 0.2) is 35.1 Å². The standard InChI is InChI=1S/C11H7BrN2O2/c12-7-1-2-9-8(5-7)11-13-3-4-14(11)10(15)6-16-9/h1-5H,6H2. The fourth-order valence-corrected chi connectivity index (χ4v) is 2.08. The van der Waals surface area contributed by atoms with Crippen molar-refractivity contribution in [2.24, 2.45) is 0 Å². The molecule has 0 saturated carbocycles. The second kappa shape index (κ2) is 3.45. The molecule has 0 amide bonds. The molecule has 1 aliphatic rings. The molecule has 0 bridgehead atoms. The molecule has 16 heavy (non-hydrogen) atoms. The summed E-state index contributed by atoms with van der Waals surface area (Å²) in [6.07, 6.45) is 3.26. The van der Waals surface area contributed by atoms with E-state index in [2.05, 4.69) is 20.9 Å². The average molecular weight is 279 g/mol. The van der Waals surface area contributed by atoms with E-state index in [9.17, 15) is 4.79 Å². The van der Waals surface area contributed by atoms with Crippen LogP contribution in [-0.4, -0.2) is 22.1 Å². The number of carbonyl (C=O) groups excluding carboxylic acids is 1. The van der Waals surface area contributed by atoms with Crippen molar-refractivity contribution in [1.29, 1.82) is 0 Å².